The maximum atomic E-state index is 4.77. The predicted octanol–water partition coefficient (Wildman–Crippen LogP) is 4.37. The summed E-state index contributed by atoms with van der Waals surface area (Å²) in [7, 11) is 2.19. The van der Waals surface area contributed by atoms with E-state index < -0.39 is 0 Å². The third-order valence-electron chi connectivity index (χ3n) is 6.29. The molecule has 1 N–H and O–H groups in total. The third-order valence-corrected chi connectivity index (χ3v) is 6.29. The first-order valence-electron chi connectivity index (χ1n) is 11.0. The number of anilines is 2. The van der Waals surface area contributed by atoms with Gasteiger partial charge in [0.15, 0.2) is 0 Å². The molecule has 0 bridgehead atoms. The Bertz CT molecular complexity index is 1100. The number of hydrogen-bond acceptors (Lipinski definition) is 5. The van der Waals surface area contributed by atoms with Gasteiger partial charge < -0.3 is 10.2 Å². The summed E-state index contributed by atoms with van der Waals surface area (Å²) in [4.78, 5) is 14.2. The quantitative estimate of drug-likeness (QED) is 0.675. The Hall–Kier alpha value is -3.02. The fourth-order valence-electron chi connectivity index (χ4n) is 4.36. The molecule has 1 saturated heterocycles. The Kier molecular flexibility index (Phi) is 5.53. The van der Waals surface area contributed by atoms with Crippen LogP contribution in [0.4, 0.5) is 11.6 Å². The summed E-state index contributed by atoms with van der Waals surface area (Å²) in [5.41, 5.74) is 8.47. The van der Waals surface area contributed by atoms with Gasteiger partial charge in [-0.15, -0.1) is 0 Å². The van der Waals surface area contributed by atoms with Crippen molar-refractivity contribution in [2.24, 2.45) is 0 Å². The van der Waals surface area contributed by atoms with Crippen molar-refractivity contribution in [3.05, 3.63) is 82.7 Å². The minimum atomic E-state index is 0.646. The molecule has 2 heterocycles. The fraction of sp³-hybridized carbons (Fsp3) is 0.308. The number of benzene rings is 2. The standard InChI is InChI=1S/C26H29N5/c1-19-5-3-4-6-24(19)21-15-22-17-27-26(29-25(22)16-21)28-23-9-7-20(8-10-23)18-31-13-11-30(2)12-14-31/h3-10,16-17H,11-15,18H2,1-2H3,(H,27,28,29). The van der Waals surface area contributed by atoms with Crippen molar-refractivity contribution in [3.63, 3.8) is 0 Å². The van der Waals surface area contributed by atoms with Gasteiger partial charge in [0.2, 0.25) is 5.95 Å². The number of nitrogens with one attached hydrogen (secondary N) is 1. The van der Waals surface area contributed by atoms with E-state index in [1.165, 1.54) is 27.8 Å². The molecule has 1 aliphatic heterocycles. The first kappa shape index (κ1) is 19.9. The Balaban J connectivity index is 1.25. The highest BCUT2D eigenvalue weighted by Gasteiger charge is 2.18. The van der Waals surface area contributed by atoms with Gasteiger partial charge in [-0.1, -0.05) is 36.4 Å². The largest absolute Gasteiger partial charge is 0.324 e. The molecule has 1 aliphatic carbocycles. The van der Waals surface area contributed by atoms with E-state index in [-0.39, 0.29) is 0 Å². The Labute approximate surface area is 184 Å². The minimum Gasteiger partial charge on any atom is -0.324 e. The molecule has 31 heavy (non-hydrogen) atoms. The second-order valence-corrected chi connectivity index (χ2v) is 8.67. The molecule has 0 spiro atoms. The Morgan fingerprint density at radius 3 is 2.52 bits per heavy atom. The van der Waals surface area contributed by atoms with Crippen LogP contribution in [0.5, 0.6) is 0 Å². The van der Waals surface area contributed by atoms with Crippen LogP contribution >= 0.6 is 0 Å². The van der Waals surface area contributed by atoms with Crippen LogP contribution < -0.4 is 5.32 Å². The third kappa shape index (κ3) is 4.53. The lowest BCUT2D eigenvalue weighted by Crippen LogP contribution is -2.43. The van der Waals surface area contributed by atoms with Crippen LogP contribution in [-0.4, -0.2) is 53.0 Å². The van der Waals surface area contributed by atoms with Gasteiger partial charge in [-0.05, 0) is 54.4 Å². The minimum absolute atomic E-state index is 0.646. The number of aryl methyl sites for hydroxylation is 1. The molecule has 0 saturated carbocycles. The van der Waals surface area contributed by atoms with Crippen LogP contribution in [0.1, 0.15) is 27.9 Å². The number of nitrogens with zero attached hydrogens (tertiary/aromatic N) is 4. The summed E-state index contributed by atoms with van der Waals surface area (Å²) in [6.07, 6.45) is 5.04. The summed E-state index contributed by atoms with van der Waals surface area (Å²) in [6.45, 7) is 7.74. The van der Waals surface area contributed by atoms with Crippen molar-refractivity contribution in [2.75, 3.05) is 38.5 Å². The second-order valence-electron chi connectivity index (χ2n) is 8.67. The molecule has 0 radical (unpaired) electrons. The molecule has 2 aromatic carbocycles. The highest BCUT2D eigenvalue weighted by atomic mass is 15.2. The van der Waals surface area contributed by atoms with Gasteiger partial charge >= 0.3 is 0 Å². The molecule has 0 unspecified atom stereocenters. The van der Waals surface area contributed by atoms with E-state index >= 15 is 0 Å². The normalized spacial score (nSPS) is 16.8. The smallest absolute Gasteiger partial charge is 0.227 e. The first-order chi connectivity index (χ1) is 15.1. The van der Waals surface area contributed by atoms with Crippen LogP contribution in [0.25, 0.3) is 11.6 Å². The molecule has 158 valence electrons. The Morgan fingerprint density at radius 1 is 0.968 bits per heavy atom. The lowest BCUT2D eigenvalue weighted by atomic mass is 9.99. The molecule has 0 atom stereocenters. The van der Waals surface area contributed by atoms with Crippen molar-refractivity contribution >= 4 is 23.3 Å². The van der Waals surface area contributed by atoms with Gasteiger partial charge in [0.25, 0.3) is 0 Å². The Morgan fingerprint density at radius 2 is 1.74 bits per heavy atom. The summed E-state index contributed by atoms with van der Waals surface area (Å²) in [5.74, 6) is 0.646. The summed E-state index contributed by atoms with van der Waals surface area (Å²) in [6, 6.07) is 17.2. The number of allylic oxidation sites excluding steroid dienone is 1. The van der Waals surface area contributed by atoms with Crippen LogP contribution in [0, 0.1) is 6.92 Å². The van der Waals surface area contributed by atoms with E-state index in [1.807, 2.05) is 6.20 Å². The van der Waals surface area contributed by atoms with Gasteiger partial charge in [0, 0.05) is 56.6 Å². The van der Waals surface area contributed by atoms with Gasteiger partial charge in [-0.2, -0.15) is 0 Å². The van der Waals surface area contributed by atoms with E-state index in [0.717, 1.165) is 50.5 Å². The van der Waals surface area contributed by atoms with Crippen molar-refractivity contribution in [2.45, 2.75) is 19.9 Å². The van der Waals surface area contributed by atoms with E-state index in [1.54, 1.807) is 0 Å². The lowest BCUT2D eigenvalue weighted by molar-refractivity contribution is 0.148. The maximum Gasteiger partial charge on any atom is 0.227 e. The van der Waals surface area contributed by atoms with E-state index in [2.05, 4.69) is 88.7 Å². The average molecular weight is 412 g/mol. The van der Waals surface area contributed by atoms with Crippen LogP contribution in [0.3, 0.4) is 0 Å². The molecule has 0 amide bonds. The highest BCUT2D eigenvalue weighted by Crippen LogP contribution is 2.32. The van der Waals surface area contributed by atoms with Gasteiger partial charge in [-0.25, -0.2) is 9.97 Å². The predicted molar refractivity (Wildman–Crippen MR) is 127 cm³/mol. The number of piperazine rings is 1. The van der Waals surface area contributed by atoms with E-state index in [9.17, 15) is 0 Å². The maximum absolute atomic E-state index is 4.77. The summed E-state index contributed by atoms with van der Waals surface area (Å²) < 4.78 is 0. The zero-order chi connectivity index (χ0) is 21.2. The molecular formula is C26H29N5. The first-order valence-corrected chi connectivity index (χ1v) is 11.0. The molecule has 3 aromatic rings. The summed E-state index contributed by atoms with van der Waals surface area (Å²) in [5, 5.41) is 3.36. The monoisotopic (exact) mass is 411 g/mol. The molecular weight excluding hydrogens is 382 g/mol. The molecule has 1 aromatic heterocycles. The highest BCUT2D eigenvalue weighted by molar-refractivity contribution is 5.88. The SMILES string of the molecule is Cc1ccccc1C1=Cc2nc(Nc3ccc(CN4CCN(C)CC4)cc3)ncc2C1. The number of rotatable bonds is 5. The zero-order valence-corrected chi connectivity index (χ0v) is 18.3. The summed E-state index contributed by atoms with van der Waals surface area (Å²) >= 11 is 0. The molecule has 1 fully saturated rings. The number of hydrogen-bond donors (Lipinski definition) is 1. The van der Waals surface area contributed by atoms with Crippen molar-refractivity contribution in [1.29, 1.82) is 0 Å². The average Bonchev–Trinajstić information content (AvgIpc) is 3.20. The number of fused-ring (bicyclic) bond motifs is 1. The van der Waals surface area contributed by atoms with Crippen molar-refractivity contribution in [3.8, 4) is 0 Å². The van der Waals surface area contributed by atoms with E-state index in [0.29, 0.717) is 5.95 Å². The van der Waals surface area contributed by atoms with Gasteiger partial charge in [0.1, 0.15) is 0 Å². The van der Waals surface area contributed by atoms with Gasteiger partial charge in [0.05, 0.1) is 5.69 Å². The lowest BCUT2D eigenvalue weighted by Gasteiger charge is -2.32. The fourth-order valence-corrected chi connectivity index (χ4v) is 4.36. The molecule has 5 heteroatoms. The zero-order valence-electron chi connectivity index (χ0n) is 18.3. The van der Waals surface area contributed by atoms with E-state index in [4.69, 9.17) is 4.98 Å². The number of likely N-dealkylation sites (N-methyl/N-ethyl adjacent to an activating group) is 1. The van der Waals surface area contributed by atoms with Crippen LogP contribution in [0.2, 0.25) is 0 Å². The van der Waals surface area contributed by atoms with Crippen LogP contribution in [0.15, 0.2) is 54.7 Å². The molecule has 5 rings (SSSR count). The molecule has 5 nitrogen and oxygen atoms in total. The topological polar surface area (TPSA) is 44.3 Å². The molecule has 2 aliphatic rings. The van der Waals surface area contributed by atoms with Gasteiger partial charge in [-0.3, -0.25) is 4.90 Å². The second kappa shape index (κ2) is 8.61. The van der Waals surface area contributed by atoms with Crippen molar-refractivity contribution in [1.82, 2.24) is 19.8 Å². The van der Waals surface area contributed by atoms with Crippen molar-refractivity contribution < 1.29 is 0 Å². The van der Waals surface area contributed by atoms with Crippen LogP contribution in [-0.2, 0) is 13.0 Å². The number of aromatic nitrogens is 2.